The number of nitrogens with one attached hydrogen (secondary N) is 1. The van der Waals surface area contributed by atoms with Gasteiger partial charge in [-0.1, -0.05) is 24.3 Å². The summed E-state index contributed by atoms with van der Waals surface area (Å²) in [5.74, 6) is 0.801. The summed E-state index contributed by atoms with van der Waals surface area (Å²) in [5, 5.41) is 3.54. The van der Waals surface area contributed by atoms with Crippen LogP contribution in [0.2, 0.25) is 0 Å². The van der Waals surface area contributed by atoms with Crippen LogP contribution in [-0.2, 0) is 9.47 Å². The van der Waals surface area contributed by atoms with Gasteiger partial charge in [-0.25, -0.2) is 0 Å². The van der Waals surface area contributed by atoms with Crippen molar-refractivity contribution >= 4 is 11.6 Å². The van der Waals surface area contributed by atoms with Crippen molar-refractivity contribution in [1.29, 1.82) is 0 Å². The molecule has 1 N–H and O–H groups in total. The van der Waals surface area contributed by atoms with Crippen LogP contribution < -0.4 is 10.1 Å². The van der Waals surface area contributed by atoms with Crippen molar-refractivity contribution in [3.05, 3.63) is 59.7 Å². The summed E-state index contributed by atoms with van der Waals surface area (Å²) in [4.78, 5) is 15.2. The van der Waals surface area contributed by atoms with E-state index in [9.17, 15) is 4.79 Å². The molecule has 0 aromatic heterocycles. The van der Waals surface area contributed by atoms with Crippen LogP contribution >= 0.6 is 0 Å². The van der Waals surface area contributed by atoms with Gasteiger partial charge < -0.3 is 24.4 Å². The number of nitrogens with zero attached hydrogens (tertiary/aromatic N) is 1. The number of carbonyl (C=O) groups excluding carboxylic acids is 1. The van der Waals surface area contributed by atoms with Crippen molar-refractivity contribution in [1.82, 2.24) is 4.90 Å². The Labute approximate surface area is 171 Å². The van der Waals surface area contributed by atoms with Crippen LogP contribution in [0.15, 0.2) is 48.5 Å². The van der Waals surface area contributed by atoms with E-state index in [0.29, 0.717) is 31.9 Å². The number of benzene rings is 2. The van der Waals surface area contributed by atoms with E-state index in [1.807, 2.05) is 60.4 Å². The van der Waals surface area contributed by atoms with Gasteiger partial charge in [0.25, 0.3) is 5.91 Å². The molecule has 0 aliphatic carbocycles. The molecule has 6 nitrogen and oxygen atoms in total. The third-order valence-corrected chi connectivity index (χ3v) is 5.32. The van der Waals surface area contributed by atoms with Crippen molar-refractivity contribution in [3.63, 3.8) is 0 Å². The molecule has 0 bridgehead atoms. The van der Waals surface area contributed by atoms with Crippen LogP contribution in [0.5, 0.6) is 5.75 Å². The molecule has 4 rings (SSSR count). The SMILES string of the molecule is CCOCCOc1cccc(C2Nc3ccccc3C(=O)N2CC2CCCO2)c1. The second-order valence-electron chi connectivity index (χ2n) is 7.30. The molecule has 1 saturated heterocycles. The number of carbonyl (C=O) groups is 1. The van der Waals surface area contributed by atoms with Gasteiger partial charge in [-0.2, -0.15) is 0 Å². The van der Waals surface area contributed by atoms with Gasteiger partial charge in [-0.05, 0) is 49.6 Å². The normalized spacial score (nSPS) is 21.0. The third-order valence-electron chi connectivity index (χ3n) is 5.32. The fraction of sp³-hybridized carbons (Fsp3) is 0.435. The first-order valence-electron chi connectivity index (χ1n) is 10.3. The molecular formula is C23H28N2O4. The molecule has 1 fully saturated rings. The van der Waals surface area contributed by atoms with Crippen molar-refractivity contribution in [2.75, 3.05) is 38.3 Å². The lowest BCUT2D eigenvalue weighted by Crippen LogP contribution is -2.46. The molecule has 6 heteroatoms. The summed E-state index contributed by atoms with van der Waals surface area (Å²) >= 11 is 0. The Hall–Kier alpha value is -2.57. The molecule has 0 saturated carbocycles. The number of para-hydroxylation sites is 1. The molecule has 0 radical (unpaired) electrons. The molecular weight excluding hydrogens is 368 g/mol. The summed E-state index contributed by atoms with van der Waals surface area (Å²) in [6.45, 7) is 5.03. The fourth-order valence-electron chi connectivity index (χ4n) is 3.89. The van der Waals surface area contributed by atoms with E-state index in [4.69, 9.17) is 14.2 Å². The molecule has 2 atom stereocenters. The first-order chi connectivity index (χ1) is 14.3. The van der Waals surface area contributed by atoms with Crippen LogP contribution in [0.4, 0.5) is 5.69 Å². The molecule has 1 amide bonds. The van der Waals surface area contributed by atoms with E-state index in [0.717, 1.165) is 36.4 Å². The number of anilines is 1. The van der Waals surface area contributed by atoms with Crippen molar-refractivity contribution < 1.29 is 19.0 Å². The maximum Gasteiger partial charge on any atom is 0.257 e. The number of amides is 1. The van der Waals surface area contributed by atoms with Gasteiger partial charge in [0.05, 0.1) is 18.3 Å². The number of ether oxygens (including phenoxy) is 3. The third kappa shape index (κ3) is 4.54. The first-order valence-corrected chi connectivity index (χ1v) is 10.3. The summed E-state index contributed by atoms with van der Waals surface area (Å²) in [6.07, 6.45) is 1.85. The van der Waals surface area contributed by atoms with Crippen molar-refractivity contribution in [3.8, 4) is 5.75 Å². The van der Waals surface area contributed by atoms with E-state index in [-0.39, 0.29) is 18.2 Å². The predicted octanol–water partition coefficient (Wildman–Crippen LogP) is 3.85. The van der Waals surface area contributed by atoms with Gasteiger partial charge >= 0.3 is 0 Å². The number of hydrogen-bond acceptors (Lipinski definition) is 5. The smallest absolute Gasteiger partial charge is 0.257 e. The van der Waals surface area contributed by atoms with Gasteiger partial charge in [0.1, 0.15) is 18.5 Å². The van der Waals surface area contributed by atoms with Gasteiger partial charge in [0, 0.05) is 25.4 Å². The highest BCUT2D eigenvalue weighted by atomic mass is 16.5. The second kappa shape index (κ2) is 9.29. The van der Waals surface area contributed by atoms with Crippen LogP contribution in [-0.4, -0.2) is 49.9 Å². The van der Waals surface area contributed by atoms with Gasteiger partial charge in [-0.3, -0.25) is 4.79 Å². The van der Waals surface area contributed by atoms with Crippen molar-refractivity contribution in [2.45, 2.75) is 32.0 Å². The molecule has 0 spiro atoms. The largest absolute Gasteiger partial charge is 0.491 e. The second-order valence-corrected chi connectivity index (χ2v) is 7.30. The van der Waals surface area contributed by atoms with Gasteiger partial charge in [0.15, 0.2) is 0 Å². The number of fused-ring (bicyclic) bond motifs is 1. The topological polar surface area (TPSA) is 60.0 Å². The van der Waals surface area contributed by atoms with E-state index in [1.165, 1.54) is 0 Å². The van der Waals surface area contributed by atoms with Crippen LogP contribution in [0, 0.1) is 0 Å². The summed E-state index contributed by atoms with van der Waals surface area (Å²) in [7, 11) is 0. The molecule has 2 aliphatic heterocycles. The van der Waals surface area contributed by atoms with E-state index >= 15 is 0 Å². The predicted molar refractivity (Wildman–Crippen MR) is 111 cm³/mol. The standard InChI is InChI=1S/C23H28N2O4/c1-2-27-13-14-29-18-8-5-7-17(15-18)22-24-21-11-4-3-10-20(21)23(26)25(22)16-19-9-6-12-28-19/h3-5,7-8,10-11,15,19,22,24H,2,6,9,12-14,16H2,1H3. The Kier molecular flexibility index (Phi) is 6.32. The van der Waals surface area contributed by atoms with Gasteiger partial charge in [0.2, 0.25) is 0 Å². The lowest BCUT2D eigenvalue weighted by Gasteiger charge is -2.39. The lowest BCUT2D eigenvalue weighted by atomic mass is 10.0. The van der Waals surface area contributed by atoms with Crippen molar-refractivity contribution in [2.24, 2.45) is 0 Å². The highest BCUT2D eigenvalue weighted by Gasteiger charge is 2.35. The minimum absolute atomic E-state index is 0.0301. The molecule has 154 valence electrons. The zero-order valence-electron chi connectivity index (χ0n) is 16.8. The minimum atomic E-state index is -0.267. The number of hydrogen-bond donors (Lipinski definition) is 1. The van der Waals surface area contributed by atoms with Crippen LogP contribution in [0.1, 0.15) is 41.9 Å². The van der Waals surface area contributed by atoms with Crippen LogP contribution in [0.25, 0.3) is 0 Å². The Morgan fingerprint density at radius 3 is 2.90 bits per heavy atom. The lowest BCUT2D eigenvalue weighted by molar-refractivity contribution is 0.0426. The zero-order valence-corrected chi connectivity index (χ0v) is 16.8. The quantitative estimate of drug-likeness (QED) is 0.687. The molecule has 2 aromatic rings. The average molecular weight is 396 g/mol. The molecule has 2 aromatic carbocycles. The average Bonchev–Trinajstić information content (AvgIpc) is 3.27. The maximum absolute atomic E-state index is 13.3. The summed E-state index contributed by atoms with van der Waals surface area (Å²) in [5.41, 5.74) is 2.54. The monoisotopic (exact) mass is 396 g/mol. The fourth-order valence-corrected chi connectivity index (χ4v) is 3.89. The molecule has 2 unspecified atom stereocenters. The first kappa shape index (κ1) is 19.7. The minimum Gasteiger partial charge on any atom is -0.491 e. The Bertz CT molecular complexity index is 835. The Balaban J connectivity index is 1.58. The van der Waals surface area contributed by atoms with Gasteiger partial charge in [-0.15, -0.1) is 0 Å². The highest BCUT2D eigenvalue weighted by molar-refractivity contribution is 6.01. The highest BCUT2D eigenvalue weighted by Crippen LogP contribution is 2.35. The maximum atomic E-state index is 13.3. The molecule has 2 heterocycles. The summed E-state index contributed by atoms with van der Waals surface area (Å²) in [6, 6.07) is 15.6. The van der Waals surface area contributed by atoms with E-state index in [2.05, 4.69) is 5.32 Å². The molecule has 2 aliphatic rings. The molecule has 29 heavy (non-hydrogen) atoms. The number of rotatable bonds is 8. The van der Waals surface area contributed by atoms with Crippen LogP contribution in [0.3, 0.4) is 0 Å². The zero-order chi connectivity index (χ0) is 20.1. The summed E-state index contributed by atoms with van der Waals surface area (Å²) < 4.78 is 17.0. The van der Waals surface area contributed by atoms with E-state index < -0.39 is 0 Å². The van der Waals surface area contributed by atoms with E-state index in [1.54, 1.807) is 0 Å². The Morgan fingerprint density at radius 2 is 2.07 bits per heavy atom. The Morgan fingerprint density at radius 1 is 1.17 bits per heavy atom.